The summed E-state index contributed by atoms with van der Waals surface area (Å²) in [6, 6.07) is 1.44. The van der Waals surface area contributed by atoms with E-state index in [1.807, 2.05) is 6.92 Å². The molecule has 21 heavy (non-hydrogen) atoms. The summed E-state index contributed by atoms with van der Waals surface area (Å²) >= 11 is 1.09. The number of hydrogen-bond donors (Lipinski definition) is 1. The molecule has 0 fully saturated rings. The lowest BCUT2D eigenvalue weighted by Gasteiger charge is -2.26. The van der Waals surface area contributed by atoms with Crippen LogP contribution in [0, 0.1) is 0 Å². The van der Waals surface area contributed by atoms with E-state index in [2.05, 4.69) is 6.08 Å². The molecule has 6 heteroatoms. The van der Waals surface area contributed by atoms with Crippen LogP contribution >= 0.6 is 11.3 Å². The Balaban J connectivity index is 1.92. The van der Waals surface area contributed by atoms with Crippen molar-refractivity contribution in [2.75, 3.05) is 13.2 Å². The second-order valence-electron chi connectivity index (χ2n) is 4.82. The van der Waals surface area contributed by atoms with Crippen molar-refractivity contribution in [2.24, 2.45) is 0 Å². The highest BCUT2D eigenvalue weighted by atomic mass is 32.1. The first-order valence-electron chi connectivity index (χ1n) is 7.06. The number of nitrogens with zero attached hydrogens (tertiary/aromatic N) is 1. The van der Waals surface area contributed by atoms with E-state index in [4.69, 9.17) is 9.84 Å². The van der Waals surface area contributed by atoms with E-state index in [-0.39, 0.29) is 17.4 Å². The minimum atomic E-state index is -0.983. The lowest BCUT2D eigenvalue weighted by Crippen LogP contribution is -2.34. The lowest BCUT2D eigenvalue weighted by molar-refractivity contribution is -0.131. The molecule has 1 aromatic heterocycles. The number of allylic oxidation sites excluding steroid dienone is 2. The highest BCUT2D eigenvalue weighted by molar-refractivity contribution is 7.12. The van der Waals surface area contributed by atoms with Crippen LogP contribution < -0.4 is 4.74 Å². The molecule has 5 nitrogen and oxygen atoms in total. The predicted octanol–water partition coefficient (Wildman–Crippen LogP) is 3.13. The van der Waals surface area contributed by atoms with Crippen molar-refractivity contribution in [1.29, 1.82) is 0 Å². The molecule has 1 aliphatic carbocycles. The number of likely N-dealkylation sites (N-methyl/N-ethyl adjacent to an activating group) is 1. The molecule has 1 aliphatic rings. The van der Waals surface area contributed by atoms with E-state index in [0.29, 0.717) is 12.3 Å². The van der Waals surface area contributed by atoms with Crippen LogP contribution in [0.4, 0.5) is 0 Å². The number of aromatic carboxylic acids is 1. The number of ether oxygens (including phenoxy) is 1. The number of carboxylic acids is 1. The maximum atomic E-state index is 12.2. The summed E-state index contributed by atoms with van der Waals surface area (Å²) in [7, 11) is 0. The Kier molecular flexibility index (Phi) is 5.38. The van der Waals surface area contributed by atoms with Gasteiger partial charge in [-0.2, -0.15) is 0 Å². The van der Waals surface area contributed by atoms with Gasteiger partial charge in [-0.25, -0.2) is 4.79 Å². The summed E-state index contributed by atoms with van der Waals surface area (Å²) in [4.78, 5) is 25.0. The van der Waals surface area contributed by atoms with Crippen LogP contribution in [0.15, 0.2) is 23.2 Å². The molecule has 1 amide bonds. The van der Waals surface area contributed by atoms with E-state index in [9.17, 15) is 9.59 Å². The number of carbonyl (C=O) groups is 2. The molecule has 0 saturated heterocycles. The first kappa shape index (κ1) is 15.6. The summed E-state index contributed by atoms with van der Waals surface area (Å²) in [6.07, 6.45) is 6.37. The summed E-state index contributed by atoms with van der Waals surface area (Å²) in [5.74, 6) is -0.642. The second kappa shape index (κ2) is 7.26. The summed E-state index contributed by atoms with van der Waals surface area (Å²) in [6.45, 7) is 2.50. The molecule has 0 saturated carbocycles. The fourth-order valence-electron chi connectivity index (χ4n) is 2.34. The van der Waals surface area contributed by atoms with Gasteiger partial charge in [0.25, 0.3) is 5.91 Å². The Bertz CT molecular complexity index is 550. The van der Waals surface area contributed by atoms with Gasteiger partial charge in [-0.1, -0.05) is 6.08 Å². The Hall–Kier alpha value is -1.82. The maximum Gasteiger partial charge on any atom is 0.346 e. The largest absolute Gasteiger partial charge is 0.483 e. The summed E-state index contributed by atoms with van der Waals surface area (Å²) < 4.78 is 5.40. The molecular formula is C15H19NO4S. The van der Waals surface area contributed by atoms with Gasteiger partial charge in [0.1, 0.15) is 10.6 Å². The molecule has 0 atom stereocenters. The van der Waals surface area contributed by atoms with Gasteiger partial charge in [-0.3, -0.25) is 4.79 Å². The first-order valence-corrected chi connectivity index (χ1v) is 7.93. The van der Waals surface area contributed by atoms with Crippen molar-refractivity contribution in [3.05, 3.63) is 28.1 Å². The minimum absolute atomic E-state index is 0.0685. The molecule has 0 unspecified atom stereocenters. The third kappa shape index (κ3) is 4.07. The minimum Gasteiger partial charge on any atom is -0.483 e. The third-order valence-corrected chi connectivity index (χ3v) is 4.28. The summed E-state index contributed by atoms with van der Waals surface area (Å²) in [5.41, 5.74) is 1.08. The first-order chi connectivity index (χ1) is 10.1. The van der Waals surface area contributed by atoms with E-state index in [1.54, 1.807) is 10.3 Å². The highest BCUT2D eigenvalue weighted by Gasteiger charge is 2.18. The van der Waals surface area contributed by atoms with Gasteiger partial charge in [0.2, 0.25) is 0 Å². The smallest absolute Gasteiger partial charge is 0.346 e. The van der Waals surface area contributed by atoms with E-state index in [1.165, 1.54) is 12.5 Å². The SMILES string of the molecule is CCN(C(=O)COc1csc(C(=O)O)c1)C1=CCCCC1. The van der Waals surface area contributed by atoms with Crippen LogP contribution in [0.25, 0.3) is 0 Å². The highest BCUT2D eigenvalue weighted by Crippen LogP contribution is 2.23. The molecule has 1 heterocycles. The van der Waals surface area contributed by atoms with Gasteiger partial charge in [-0.05, 0) is 32.6 Å². The number of carboxylic acid groups (broad SMARTS) is 1. The fourth-order valence-corrected chi connectivity index (χ4v) is 3.00. The van der Waals surface area contributed by atoms with Crippen LogP contribution in [0.2, 0.25) is 0 Å². The second-order valence-corrected chi connectivity index (χ2v) is 5.73. The molecule has 114 valence electrons. The van der Waals surface area contributed by atoms with Crippen molar-refractivity contribution in [3.63, 3.8) is 0 Å². The predicted molar refractivity (Wildman–Crippen MR) is 80.7 cm³/mol. The van der Waals surface area contributed by atoms with Gasteiger partial charge in [-0.15, -0.1) is 11.3 Å². The maximum absolute atomic E-state index is 12.2. The lowest BCUT2D eigenvalue weighted by atomic mass is 10.0. The molecule has 1 aromatic rings. The van der Waals surface area contributed by atoms with E-state index in [0.717, 1.165) is 36.3 Å². The van der Waals surface area contributed by atoms with Crippen LogP contribution in [0.5, 0.6) is 5.75 Å². The quantitative estimate of drug-likeness (QED) is 0.876. The molecule has 0 aliphatic heterocycles. The molecule has 2 rings (SSSR count). The molecule has 0 bridgehead atoms. The van der Waals surface area contributed by atoms with Gasteiger partial charge in [0.15, 0.2) is 6.61 Å². The van der Waals surface area contributed by atoms with Crippen LogP contribution in [0.3, 0.4) is 0 Å². The van der Waals surface area contributed by atoms with Crippen LogP contribution in [0.1, 0.15) is 42.3 Å². The fraction of sp³-hybridized carbons (Fsp3) is 0.467. The van der Waals surface area contributed by atoms with Gasteiger partial charge >= 0.3 is 5.97 Å². The van der Waals surface area contributed by atoms with E-state index < -0.39 is 5.97 Å². The Morgan fingerprint density at radius 3 is 2.81 bits per heavy atom. The van der Waals surface area contributed by atoms with Gasteiger partial charge < -0.3 is 14.7 Å². The van der Waals surface area contributed by atoms with Crippen molar-refractivity contribution >= 4 is 23.2 Å². The van der Waals surface area contributed by atoms with Crippen molar-refractivity contribution in [2.45, 2.75) is 32.6 Å². The average molecular weight is 309 g/mol. The molecular weight excluding hydrogens is 290 g/mol. The Morgan fingerprint density at radius 1 is 1.43 bits per heavy atom. The number of hydrogen-bond acceptors (Lipinski definition) is 4. The molecule has 0 spiro atoms. The van der Waals surface area contributed by atoms with Crippen LogP contribution in [-0.4, -0.2) is 35.0 Å². The number of amides is 1. The molecule has 1 N–H and O–H groups in total. The van der Waals surface area contributed by atoms with Crippen LogP contribution in [-0.2, 0) is 4.79 Å². The normalized spacial score (nSPS) is 14.4. The van der Waals surface area contributed by atoms with Crippen molar-refractivity contribution < 1.29 is 19.4 Å². The Labute approximate surface area is 127 Å². The zero-order valence-corrected chi connectivity index (χ0v) is 12.8. The van der Waals surface area contributed by atoms with Crippen molar-refractivity contribution in [1.82, 2.24) is 4.90 Å². The van der Waals surface area contributed by atoms with E-state index >= 15 is 0 Å². The average Bonchev–Trinajstić information content (AvgIpc) is 2.96. The monoisotopic (exact) mass is 309 g/mol. The van der Waals surface area contributed by atoms with Gasteiger partial charge in [0.05, 0.1) is 0 Å². The number of thiophene rings is 1. The van der Waals surface area contributed by atoms with Gasteiger partial charge in [0, 0.05) is 23.7 Å². The summed E-state index contributed by atoms with van der Waals surface area (Å²) in [5, 5.41) is 10.4. The third-order valence-electron chi connectivity index (χ3n) is 3.38. The Morgan fingerprint density at radius 2 is 2.24 bits per heavy atom. The zero-order chi connectivity index (χ0) is 15.2. The molecule has 0 radical (unpaired) electrons. The zero-order valence-electron chi connectivity index (χ0n) is 12.0. The van der Waals surface area contributed by atoms with Crippen molar-refractivity contribution in [3.8, 4) is 5.75 Å². The number of rotatable bonds is 6. The standard InChI is InChI=1S/C15H19NO4S/c1-2-16(11-6-4-3-5-7-11)14(17)9-20-12-8-13(15(18)19)21-10-12/h6,8,10H,2-5,7,9H2,1H3,(H,18,19). The molecule has 0 aromatic carbocycles. The topological polar surface area (TPSA) is 66.8 Å². The number of carbonyl (C=O) groups excluding carboxylic acids is 1.